The zero-order valence-electron chi connectivity index (χ0n) is 12.2. The van der Waals surface area contributed by atoms with E-state index in [-0.39, 0.29) is 0 Å². The highest BCUT2D eigenvalue weighted by atomic mass is 79.9. The van der Waals surface area contributed by atoms with Crippen molar-refractivity contribution in [1.82, 2.24) is 0 Å². The Kier molecular flexibility index (Phi) is 6.78. The maximum Gasteiger partial charge on any atom is 0.119 e. The van der Waals surface area contributed by atoms with E-state index in [0.717, 1.165) is 35.0 Å². The van der Waals surface area contributed by atoms with Crippen LogP contribution in [-0.2, 0) is 6.42 Å². The van der Waals surface area contributed by atoms with Gasteiger partial charge in [0.2, 0.25) is 0 Å². The van der Waals surface area contributed by atoms with Crippen molar-refractivity contribution in [2.24, 2.45) is 5.92 Å². The first-order chi connectivity index (χ1) is 10.2. The van der Waals surface area contributed by atoms with E-state index in [4.69, 9.17) is 4.74 Å². The van der Waals surface area contributed by atoms with Crippen LogP contribution < -0.4 is 4.74 Å². The van der Waals surface area contributed by atoms with E-state index >= 15 is 0 Å². The molecule has 0 aromatic heterocycles. The Hall–Kier alpha value is -0.800. The number of halogens is 2. The van der Waals surface area contributed by atoms with Gasteiger partial charge in [-0.2, -0.15) is 0 Å². The van der Waals surface area contributed by atoms with Crippen LogP contribution in [0, 0.1) is 12.8 Å². The molecule has 0 heterocycles. The first-order valence-corrected chi connectivity index (χ1v) is 9.08. The first-order valence-electron chi connectivity index (χ1n) is 7.17. The molecule has 0 bridgehead atoms. The number of hydrogen-bond donors (Lipinski definition) is 0. The molecular weight excluding hydrogens is 392 g/mol. The summed E-state index contributed by atoms with van der Waals surface area (Å²) in [5.41, 5.74) is 2.71. The molecule has 21 heavy (non-hydrogen) atoms. The second-order valence-corrected chi connectivity index (χ2v) is 6.86. The van der Waals surface area contributed by atoms with E-state index in [1.165, 1.54) is 11.1 Å². The summed E-state index contributed by atoms with van der Waals surface area (Å²) in [7, 11) is 0. The Morgan fingerprint density at radius 3 is 2.29 bits per heavy atom. The predicted molar refractivity (Wildman–Crippen MR) is 96.4 cm³/mol. The number of hydrogen-bond acceptors (Lipinski definition) is 1. The van der Waals surface area contributed by atoms with Gasteiger partial charge in [0.1, 0.15) is 5.75 Å². The van der Waals surface area contributed by atoms with Crippen LogP contribution in [-0.4, -0.2) is 11.9 Å². The van der Waals surface area contributed by atoms with Crippen molar-refractivity contribution in [2.45, 2.75) is 19.8 Å². The SMILES string of the molecule is Cc1ccc(CC(CBr)CCOc2ccc(Br)cc2)cc1. The first kappa shape index (κ1) is 16.6. The fourth-order valence-electron chi connectivity index (χ4n) is 2.17. The summed E-state index contributed by atoms with van der Waals surface area (Å²) in [5.74, 6) is 1.53. The van der Waals surface area contributed by atoms with Crippen LogP contribution in [0.5, 0.6) is 5.75 Å². The molecule has 2 aromatic carbocycles. The van der Waals surface area contributed by atoms with Gasteiger partial charge in [0, 0.05) is 9.80 Å². The fourth-order valence-corrected chi connectivity index (χ4v) is 2.98. The maximum absolute atomic E-state index is 5.81. The second kappa shape index (κ2) is 8.60. The molecule has 2 aromatic rings. The minimum Gasteiger partial charge on any atom is -0.494 e. The molecule has 0 aliphatic rings. The van der Waals surface area contributed by atoms with E-state index in [1.54, 1.807) is 0 Å². The van der Waals surface area contributed by atoms with Crippen LogP contribution in [0.2, 0.25) is 0 Å². The zero-order chi connectivity index (χ0) is 15.1. The molecule has 112 valence electrons. The van der Waals surface area contributed by atoms with Gasteiger partial charge in [-0.1, -0.05) is 61.7 Å². The van der Waals surface area contributed by atoms with E-state index in [1.807, 2.05) is 24.3 Å². The Bertz CT molecular complexity index is 534. The lowest BCUT2D eigenvalue weighted by Gasteiger charge is -2.15. The zero-order valence-corrected chi connectivity index (χ0v) is 15.4. The standard InChI is InChI=1S/C18H20Br2O/c1-14-2-4-15(5-3-14)12-16(13-19)10-11-21-18-8-6-17(20)7-9-18/h2-9,16H,10-13H2,1H3. The topological polar surface area (TPSA) is 9.23 Å². The maximum atomic E-state index is 5.81. The van der Waals surface area contributed by atoms with Gasteiger partial charge in [0.15, 0.2) is 0 Å². The number of alkyl halides is 1. The highest BCUT2D eigenvalue weighted by Gasteiger charge is 2.09. The van der Waals surface area contributed by atoms with Gasteiger partial charge in [0.25, 0.3) is 0 Å². The van der Waals surface area contributed by atoms with E-state index in [0.29, 0.717) is 5.92 Å². The number of aryl methyl sites for hydroxylation is 1. The molecular formula is C18H20Br2O. The predicted octanol–water partition coefficient (Wildman–Crippen LogP) is 5.78. The van der Waals surface area contributed by atoms with Gasteiger partial charge < -0.3 is 4.74 Å². The van der Waals surface area contributed by atoms with Crippen LogP contribution in [0.4, 0.5) is 0 Å². The lowest BCUT2D eigenvalue weighted by atomic mass is 9.98. The molecule has 0 aliphatic heterocycles. The Balaban J connectivity index is 1.79. The summed E-state index contributed by atoms with van der Waals surface area (Å²) in [6.45, 7) is 2.88. The molecule has 1 atom stereocenters. The van der Waals surface area contributed by atoms with Crippen molar-refractivity contribution in [1.29, 1.82) is 0 Å². The normalized spacial score (nSPS) is 12.1. The summed E-state index contributed by atoms with van der Waals surface area (Å²) in [5, 5.41) is 1.00. The third kappa shape index (κ3) is 5.84. The molecule has 0 radical (unpaired) electrons. The number of rotatable bonds is 7. The minimum atomic E-state index is 0.600. The van der Waals surface area contributed by atoms with Crippen LogP contribution in [0.3, 0.4) is 0 Å². The summed E-state index contributed by atoms with van der Waals surface area (Å²) in [4.78, 5) is 0. The number of benzene rings is 2. The van der Waals surface area contributed by atoms with Gasteiger partial charge in [-0.05, 0) is 55.5 Å². The molecule has 0 spiro atoms. The molecule has 0 saturated carbocycles. The van der Waals surface area contributed by atoms with Gasteiger partial charge >= 0.3 is 0 Å². The molecule has 0 fully saturated rings. The average molecular weight is 412 g/mol. The molecule has 0 aliphatic carbocycles. The van der Waals surface area contributed by atoms with Gasteiger partial charge in [-0.25, -0.2) is 0 Å². The largest absolute Gasteiger partial charge is 0.494 e. The highest BCUT2D eigenvalue weighted by Crippen LogP contribution is 2.19. The summed E-state index contributed by atoms with van der Waals surface area (Å²) >= 11 is 7.05. The van der Waals surface area contributed by atoms with E-state index in [2.05, 4.69) is 63.0 Å². The summed E-state index contributed by atoms with van der Waals surface area (Å²) < 4.78 is 6.88. The van der Waals surface area contributed by atoms with Crippen LogP contribution in [0.25, 0.3) is 0 Å². The fraction of sp³-hybridized carbons (Fsp3) is 0.333. The van der Waals surface area contributed by atoms with Gasteiger partial charge in [-0.15, -0.1) is 0 Å². The molecule has 0 N–H and O–H groups in total. The Morgan fingerprint density at radius 1 is 1.00 bits per heavy atom. The summed E-state index contributed by atoms with van der Waals surface area (Å²) in [6.07, 6.45) is 2.14. The van der Waals surface area contributed by atoms with Crippen LogP contribution in [0.15, 0.2) is 53.0 Å². The van der Waals surface area contributed by atoms with Crippen LogP contribution in [0.1, 0.15) is 17.5 Å². The van der Waals surface area contributed by atoms with Crippen molar-refractivity contribution in [3.8, 4) is 5.75 Å². The quantitative estimate of drug-likeness (QED) is 0.524. The van der Waals surface area contributed by atoms with Gasteiger partial charge in [0.05, 0.1) is 6.61 Å². The highest BCUT2D eigenvalue weighted by molar-refractivity contribution is 9.10. The van der Waals surface area contributed by atoms with E-state index in [9.17, 15) is 0 Å². The summed E-state index contributed by atoms with van der Waals surface area (Å²) in [6, 6.07) is 16.8. The molecule has 1 nitrogen and oxygen atoms in total. The Labute approximate surface area is 144 Å². The van der Waals surface area contributed by atoms with Gasteiger partial charge in [-0.3, -0.25) is 0 Å². The molecule has 0 amide bonds. The molecule has 1 unspecified atom stereocenters. The smallest absolute Gasteiger partial charge is 0.119 e. The molecule has 0 saturated heterocycles. The van der Waals surface area contributed by atoms with E-state index < -0.39 is 0 Å². The van der Waals surface area contributed by atoms with Crippen molar-refractivity contribution in [3.63, 3.8) is 0 Å². The minimum absolute atomic E-state index is 0.600. The van der Waals surface area contributed by atoms with Crippen molar-refractivity contribution < 1.29 is 4.74 Å². The average Bonchev–Trinajstić information content (AvgIpc) is 2.50. The third-order valence-corrected chi connectivity index (χ3v) is 4.92. The monoisotopic (exact) mass is 410 g/mol. The number of ether oxygens (including phenoxy) is 1. The lowest BCUT2D eigenvalue weighted by Crippen LogP contribution is -2.11. The van der Waals surface area contributed by atoms with Crippen molar-refractivity contribution >= 4 is 31.9 Å². The molecule has 2 rings (SSSR count). The lowest BCUT2D eigenvalue weighted by molar-refractivity contribution is 0.285. The third-order valence-electron chi connectivity index (χ3n) is 3.47. The molecule has 3 heteroatoms. The van der Waals surface area contributed by atoms with Crippen LogP contribution >= 0.6 is 31.9 Å². The van der Waals surface area contributed by atoms with Crippen molar-refractivity contribution in [2.75, 3.05) is 11.9 Å². The second-order valence-electron chi connectivity index (χ2n) is 5.30. The Morgan fingerprint density at radius 2 is 1.67 bits per heavy atom. The van der Waals surface area contributed by atoms with Crippen molar-refractivity contribution in [3.05, 3.63) is 64.1 Å².